The van der Waals surface area contributed by atoms with E-state index < -0.39 is 0 Å². The maximum atomic E-state index is 11.6. The number of ether oxygens (including phenoxy) is 2. The van der Waals surface area contributed by atoms with Crippen molar-refractivity contribution in [3.05, 3.63) is 0 Å². The molecule has 0 saturated heterocycles. The van der Waals surface area contributed by atoms with E-state index in [-0.39, 0.29) is 29.6 Å². The zero-order valence-electron chi connectivity index (χ0n) is 17.5. The van der Waals surface area contributed by atoms with Crippen LogP contribution in [0.5, 0.6) is 0 Å². The number of esters is 2. The second-order valence-corrected chi connectivity index (χ2v) is 10.4. The lowest BCUT2D eigenvalue weighted by Gasteiger charge is -2.60. The summed E-state index contributed by atoms with van der Waals surface area (Å²) in [6.45, 7) is 8.00. The maximum Gasteiger partial charge on any atom is 0.302 e. The van der Waals surface area contributed by atoms with Crippen LogP contribution < -0.4 is 0 Å². The number of hydrogen-bond acceptors (Lipinski definition) is 4. The molecule has 4 saturated carbocycles. The summed E-state index contributed by atoms with van der Waals surface area (Å²) in [6, 6.07) is 0. The molecule has 0 aromatic carbocycles. The molecule has 0 unspecified atom stereocenters. The van der Waals surface area contributed by atoms with Gasteiger partial charge in [0, 0.05) is 19.3 Å². The van der Waals surface area contributed by atoms with E-state index in [0.29, 0.717) is 17.3 Å². The third-order valence-corrected chi connectivity index (χ3v) is 9.17. The predicted octanol–water partition coefficient (Wildman–Crippen LogP) is 4.89. The van der Waals surface area contributed by atoms with Crippen LogP contribution in [0.2, 0.25) is 0 Å². The number of fused-ring (bicyclic) bond motifs is 5. The Labute approximate surface area is 163 Å². The number of carbonyl (C=O) groups is 2. The molecule has 27 heavy (non-hydrogen) atoms. The fraction of sp³-hybridized carbons (Fsp3) is 0.913. The van der Waals surface area contributed by atoms with Gasteiger partial charge in [0.05, 0.1) is 0 Å². The zero-order chi connectivity index (χ0) is 19.4. The average molecular weight is 377 g/mol. The molecule has 0 amide bonds. The molecule has 4 nitrogen and oxygen atoms in total. The molecule has 0 spiro atoms. The Kier molecular flexibility index (Phi) is 4.83. The molecule has 0 N–H and O–H groups in total. The van der Waals surface area contributed by atoms with Crippen LogP contribution in [0.1, 0.15) is 85.5 Å². The molecule has 4 aliphatic rings. The van der Waals surface area contributed by atoms with Gasteiger partial charge in [0.15, 0.2) is 0 Å². The Balaban J connectivity index is 1.51. The van der Waals surface area contributed by atoms with Gasteiger partial charge in [-0.15, -0.1) is 0 Å². The van der Waals surface area contributed by atoms with Crippen molar-refractivity contribution >= 4 is 11.9 Å². The van der Waals surface area contributed by atoms with E-state index in [1.807, 2.05) is 0 Å². The summed E-state index contributed by atoms with van der Waals surface area (Å²) < 4.78 is 11.3. The van der Waals surface area contributed by atoms with Gasteiger partial charge in [0.2, 0.25) is 0 Å². The summed E-state index contributed by atoms with van der Waals surface area (Å²) >= 11 is 0. The van der Waals surface area contributed by atoms with Crippen molar-refractivity contribution < 1.29 is 19.1 Å². The van der Waals surface area contributed by atoms with Crippen LogP contribution in [-0.4, -0.2) is 24.1 Å². The number of rotatable bonds is 2. The Hall–Kier alpha value is -1.06. The lowest BCUT2D eigenvalue weighted by atomic mass is 9.45. The summed E-state index contributed by atoms with van der Waals surface area (Å²) in [5.41, 5.74) is 0.561. The molecular formula is C23H36O4. The SMILES string of the molecule is CC(=O)O[C@H]1CC[C@@]2(C)[C@@H](CC[C@@H]3[C@@H]2CC[C@]2(C)[C@H](OC(C)=O)CC[C@@H]32)C1. The third kappa shape index (κ3) is 3.11. The summed E-state index contributed by atoms with van der Waals surface area (Å²) in [6.07, 6.45) is 10.8. The van der Waals surface area contributed by atoms with E-state index >= 15 is 0 Å². The minimum absolute atomic E-state index is 0.117. The van der Waals surface area contributed by atoms with Crippen LogP contribution in [0.15, 0.2) is 0 Å². The quantitative estimate of drug-likeness (QED) is 0.644. The van der Waals surface area contributed by atoms with Crippen molar-refractivity contribution in [2.24, 2.45) is 34.5 Å². The predicted molar refractivity (Wildman–Crippen MR) is 103 cm³/mol. The van der Waals surface area contributed by atoms with E-state index in [1.54, 1.807) is 6.92 Å². The molecule has 8 atom stereocenters. The fourth-order valence-corrected chi connectivity index (χ4v) is 7.91. The van der Waals surface area contributed by atoms with Crippen LogP contribution >= 0.6 is 0 Å². The highest BCUT2D eigenvalue weighted by molar-refractivity contribution is 5.66. The van der Waals surface area contributed by atoms with Crippen molar-refractivity contribution in [1.82, 2.24) is 0 Å². The molecule has 0 radical (unpaired) electrons. The van der Waals surface area contributed by atoms with Crippen molar-refractivity contribution in [3.8, 4) is 0 Å². The third-order valence-electron chi connectivity index (χ3n) is 9.17. The highest BCUT2D eigenvalue weighted by Crippen LogP contribution is 2.66. The zero-order valence-corrected chi connectivity index (χ0v) is 17.5. The molecule has 4 rings (SSSR count). The number of hydrogen-bond donors (Lipinski definition) is 0. The van der Waals surface area contributed by atoms with Gasteiger partial charge >= 0.3 is 11.9 Å². The van der Waals surface area contributed by atoms with Gasteiger partial charge in [0.1, 0.15) is 12.2 Å². The standard InChI is InChI=1S/C23H36O4/c1-14(24)26-17-9-11-22(3)16(13-17)5-6-18-19-7-8-21(27-15(2)25)23(19,4)12-10-20(18)22/h16-21H,5-13H2,1-4H3/t16-,17-,18-,19-,20-,21+,22-,23-/m0/s1. The van der Waals surface area contributed by atoms with Crippen molar-refractivity contribution in [1.29, 1.82) is 0 Å². The van der Waals surface area contributed by atoms with Gasteiger partial charge < -0.3 is 9.47 Å². The van der Waals surface area contributed by atoms with Crippen LogP contribution in [0.4, 0.5) is 0 Å². The van der Waals surface area contributed by atoms with Gasteiger partial charge in [-0.05, 0) is 86.9 Å². The largest absolute Gasteiger partial charge is 0.463 e. The minimum atomic E-state index is -0.131. The molecule has 4 fully saturated rings. The molecular weight excluding hydrogens is 340 g/mol. The van der Waals surface area contributed by atoms with E-state index in [1.165, 1.54) is 45.4 Å². The van der Waals surface area contributed by atoms with Crippen molar-refractivity contribution in [3.63, 3.8) is 0 Å². The Morgan fingerprint density at radius 1 is 0.778 bits per heavy atom. The van der Waals surface area contributed by atoms with E-state index in [4.69, 9.17) is 9.47 Å². The summed E-state index contributed by atoms with van der Waals surface area (Å²) in [7, 11) is 0. The second kappa shape index (κ2) is 6.77. The van der Waals surface area contributed by atoms with Gasteiger partial charge in [0.25, 0.3) is 0 Å². The number of carbonyl (C=O) groups excluding carboxylic acids is 2. The molecule has 0 aromatic heterocycles. The Bertz CT molecular complexity index is 615. The van der Waals surface area contributed by atoms with E-state index in [2.05, 4.69) is 13.8 Å². The van der Waals surface area contributed by atoms with Crippen LogP contribution in [0, 0.1) is 34.5 Å². The Morgan fingerprint density at radius 2 is 1.44 bits per heavy atom. The van der Waals surface area contributed by atoms with E-state index in [9.17, 15) is 9.59 Å². The van der Waals surface area contributed by atoms with Crippen molar-refractivity contribution in [2.45, 2.75) is 97.7 Å². The maximum absolute atomic E-state index is 11.6. The molecule has 152 valence electrons. The topological polar surface area (TPSA) is 52.6 Å². The highest BCUT2D eigenvalue weighted by atomic mass is 16.5. The summed E-state index contributed by atoms with van der Waals surface area (Å²) in [5.74, 6) is 2.69. The lowest BCUT2D eigenvalue weighted by molar-refractivity contribution is -0.167. The molecule has 4 heteroatoms. The first-order chi connectivity index (χ1) is 12.7. The first-order valence-electron chi connectivity index (χ1n) is 11.1. The average Bonchev–Trinajstić information content (AvgIpc) is 2.91. The van der Waals surface area contributed by atoms with Crippen LogP contribution in [-0.2, 0) is 19.1 Å². The van der Waals surface area contributed by atoms with E-state index in [0.717, 1.165) is 31.1 Å². The normalized spacial score (nSPS) is 48.7. The smallest absolute Gasteiger partial charge is 0.302 e. The van der Waals surface area contributed by atoms with Gasteiger partial charge in [-0.2, -0.15) is 0 Å². The summed E-state index contributed by atoms with van der Waals surface area (Å²) in [5, 5.41) is 0. The molecule has 0 heterocycles. The highest BCUT2D eigenvalue weighted by Gasteiger charge is 2.61. The summed E-state index contributed by atoms with van der Waals surface area (Å²) in [4.78, 5) is 23.0. The Morgan fingerprint density at radius 3 is 2.15 bits per heavy atom. The monoisotopic (exact) mass is 376 g/mol. The first-order valence-corrected chi connectivity index (χ1v) is 11.1. The second-order valence-electron chi connectivity index (χ2n) is 10.4. The molecule has 4 aliphatic carbocycles. The molecule has 0 aliphatic heterocycles. The van der Waals surface area contributed by atoms with Crippen LogP contribution in [0.25, 0.3) is 0 Å². The van der Waals surface area contributed by atoms with Gasteiger partial charge in [-0.25, -0.2) is 0 Å². The van der Waals surface area contributed by atoms with Gasteiger partial charge in [-0.1, -0.05) is 13.8 Å². The molecule has 0 bridgehead atoms. The van der Waals surface area contributed by atoms with Gasteiger partial charge in [-0.3, -0.25) is 9.59 Å². The minimum Gasteiger partial charge on any atom is -0.463 e. The lowest BCUT2D eigenvalue weighted by Crippen LogP contribution is -2.54. The fourth-order valence-electron chi connectivity index (χ4n) is 7.91. The van der Waals surface area contributed by atoms with Crippen molar-refractivity contribution in [2.75, 3.05) is 0 Å². The van der Waals surface area contributed by atoms with Crippen LogP contribution in [0.3, 0.4) is 0 Å². The molecule has 0 aromatic rings. The first kappa shape index (κ1) is 19.3.